The first-order chi connectivity index (χ1) is 10.3. The van der Waals surface area contributed by atoms with Gasteiger partial charge in [-0.25, -0.2) is 0 Å². The molecule has 2 aromatic rings. The molecule has 4 heteroatoms. The summed E-state index contributed by atoms with van der Waals surface area (Å²) in [6.07, 6.45) is 0. The lowest BCUT2D eigenvalue weighted by atomic mass is 10.2. The zero-order valence-corrected chi connectivity index (χ0v) is 13.7. The van der Waals surface area contributed by atoms with Gasteiger partial charge in [-0.1, -0.05) is 36.0 Å². The monoisotopic (exact) mass is 314 g/mol. The van der Waals surface area contributed by atoms with Crippen LogP contribution in [0, 0.1) is 0 Å². The van der Waals surface area contributed by atoms with Crippen molar-refractivity contribution < 1.29 is 0 Å². The molecule has 0 aromatic heterocycles. The van der Waals surface area contributed by atoms with Gasteiger partial charge in [-0.05, 0) is 31.2 Å². The molecular weight excluding hydrogens is 296 g/mol. The molecule has 0 unspecified atom stereocenters. The number of para-hydroxylation sites is 2. The Bertz CT molecular complexity index is 659. The van der Waals surface area contributed by atoms with Gasteiger partial charge in [-0.15, -0.1) is 11.8 Å². The maximum atomic E-state index is 2.53. The van der Waals surface area contributed by atoms with Gasteiger partial charge in [0.1, 0.15) is 0 Å². The number of benzene rings is 2. The molecule has 0 bridgehead atoms. The summed E-state index contributed by atoms with van der Waals surface area (Å²) in [6, 6.07) is 17.5. The fraction of sp³-hybridized carbons (Fsp3) is 0.294. The summed E-state index contributed by atoms with van der Waals surface area (Å²) < 4.78 is 0. The molecule has 0 N–H and O–H groups in total. The van der Waals surface area contributed by atoms with E-state index in [9.17, 15) is 0 Å². The van der Waals surface area contributed by atoms with Crippen LogP contribution in [0.2, 0.25) is 0 Å². The largest absolute Gasteiger partial charge is 0.359 e. The van der Waals surface area contributed by atoms with E-state index in [0.717, 1.165) is 19.0 Å². The number of hydrogen-bond acceptors (Lipinski definition) is 4. The Labute approximate surface area is 134 Å². The summed E-state index contributed by atoms with van der Waals surface area (Å²) >= 11 is 3.92. The van der Waals surface area contributed by atoms with Crippen LogP contribution in [0.25, 0.3) is 0 Å². The van der Waals surface area contributed by atoms with Gasteiger partial charge >= 0.3 is 0 Å². The quantitative estimate of drug-likeness (QED) is 0.821. The summed E-state index contributed by atoms with van der Waals surface area (Å²) in [5.41, 5.74) is 2.80. The van der Waals surface area contributed by atoms with E-state index in [-0.39, 0.29) is 0 Å². The lowest BCUT2D eigenvalue weighted by Crippen LogP contribution is -2.36. The Morgan fingerprint density at radius 1 is 0.952 bits per heavy atom. The average molecular weight is 314 g/mol. The van der Waals surface area contributed by atoms with Crippen LogP contribution in [-0.4, -0.2) is 24.3 Å². The molecule has 0 saturated heterocycles. The third-order valence-corrected chi connectivity index (χ3v) is 6.40. The lowest BCUT2D eigenvalue weighted by molar-refractivity contribution is 0.762. The minimum atomic E-state index is 0.535. The van der Waals surface area contributed by atoms with Crippen molar-refractivity contribution in [3.63, 3.8) is 0 Å². The smallest absolute Gasteiger partial charge is 0.0770 e. The normalized spacial score (nSPS) is 19.8. The molecule has 4 rings (SSSR count). The summed E-state index contributed by atoms with van der Waals surface area (Å²) in [7, 11) is 0. The molecule has 2 aromatic carbocycles. The molecule has 2 heterocycles. The van der Waals surface area contributed by atoms with Crippen LogP contribution >= 0.6 is 23.5 Å². The van der Waals surface area contributed by atoms with Gasteiger partial charge < -0.3 is 9.80 Å². The minimum absolute atomic E-state index is 0.535. The fourth-order valence-electron chi connectivity index (χ4n) is 3.01. The first-order valence-corrected chi connectivity index (χ1v) is 9.18. The van der Waals surface area contributed by atoms with E-state index < -0.39 is 0 Å². The molecule has 0 saturated carbocycles. The van der Waals surface area contributed by atoms with Gasteiger partial charge in [0.05, 0.1) is 22.6 Å². The van der Waals surface area contributed by atoms with Crippen molar-refractivity contribution in [2.24, 2.45) is 0 Å². The Balaban J connectivity index is 1.49. The number of rotatable bonds is 3. The predicted octanol–water partition coefficient (Wildman–Crippen LogP) is 4.51. The number of thioether (sulfide) groups is 2. The molecule has 21 heavy (non-hydrogen) atoms. The number of hydrogen-bond donors (Lipinski definition) is 0. The van der Waals surface area contributed by atoms with Gasteiger partial charge in [0, 0.05) is 22.9 Å². The van der Waals surface area contributed by atoms with E-state index in [0.29, 0.717) is 5.37 Å². The number of nitrogens with zero attached hydrogens (tertiary/aromatic N) is 2. The van der Waals surface area contributed by atoms with E-state index in [1.807, 2.05) is 23.5 Å². The number of anilines is 2. The molecule has 1 atom stereocenters. The molecule has 0 radical (unpaired) electrons. The summed E-state index contributed by atoms with van der Waals surface area (Å²) in [5.74, 6) is 1.08. The standard InChI is InChI=1S/C17H18N2S2/c1-13-19(15-7-3-5-9-17(15)21-13)11-10-18-12-20-16-8-4-2-6-14(16)18/h2-9,13H,10-12H2,1H3/t13-/m1/s1. The van der Waals surface area contributed by atoms with Crippen molar-refractivity contribution in [1.29, 1.82) is 0 Å². The highest BCUT2D eigenvalue weighted by Crippen LogP contribution is 2.43. The molecule has 2 nitrogen and oxygen atoms in total. The Morgan fingerprint density at radius 2 is 1.67 bits per heavy atom. The highest BCUT2D eigenvalue weighted by Gasteiger charge is 2.27. The maximum Gasteiger partial charge on any atom is 0.0770 e. The molecular formula is C17H18N2S2. The zero-order valence-electron chi connectivity index (χ0n) is 12.0. The van der Waals surface area contributed by atoms with Crippen LogP contribution in [0.15, 0.2) is 58.3 Å². The summed E-state index contributed by atoms with van der Waals surface area (Å²) in [6.45, 7) is 4.47. The van der Waals surface area contributed by atoms with Crippen molar-refractivity contribution in [3.05, 3.63) is 48.5 Å². The van der Waals surface area contributed by atoms with Gasteiger partial charge in [0.2, 0.25) is 0 Å². The topological polar surface area (TPSA) is 6.48 Å². The zero-order chi connectivity index (χ0) is 14.2. The second kappa shape index (κ2) is 5.50. The van der Waals surface area contributed by atoms with E-state index in [4.69, 9.17) is 0 Å². The van der Waals surface area contributed by atoms with Crippen LogP contribution in [0.4, 0.5) is 11.4 Å². The first kappa shape index (κ1) is 13.4. The molecule has 2 aliphatic heterocycles. The summed E-state index contributed by atoms with van der Waals surface area (Å²) in [5, 5.41) is 0.535. The van der Waals surface area contributed by atoms with Crippen molar-refractivity contribution >= 4 is 34.9 Å². The van der Waals surface area contributed by atoms with Crippen molar-refractivity contribution in [2.75, 3.05) is 28.8 Å². The second-order valence-electron chi connectivity index (χ2n) is 5.38. The Hall–Kier alpha value is -1.26. The third kappa shape index (κ3) is 2.40. The van der Waals surface area contributed by atoms with Crippen LogP contribution in [0.5, 0.6) is 0 Å². The van der Waals surface area contributed by atoms with Crippen LogP contribution in [-0.2, 0) is 0 Å². The molecule has 108 valence electrons. The lowest BCUT2D eigenvalue weighted by Gasteiger charge is -2.27. The van der Waals surface area contributed by atoms with E-state index >= 15 is 0 Å². The maximum absolute atomic E-state index is 2.53. The van der Waals surface area contributed by atoms with E-state index in [1.54, 1.807) is 0 Å². The van der Waals surface area contributed by atoms with Crippen molar-refractivity contribution in [1.82, 2.24) is 0 Å². The van der Waals surface area contributed by atoms with E-state index in [1.165, 1.54) is 21.2 Å². The van der Waals surface area contributed by atoms with E-state index in [2.05, 4.69) is 65.3 Å². The van der Waals surface area contributed by atoms with Crippen LogP contribution < -0.4 is 9.80 Å². The molecule has 2 aliphatic rings. The fourth-order valence-corrected chi connectivity index (χ4v) is 5.27. The van der Waals surface area contributed by atoms with Crippen molar-refractivity contribution in [2.45, 2.75) is 22.1 Å². The van der Waals surface area contributed by atoms with Gasteiger partial charge in [-0.2, -0.15) is 0 Å². The molecule has 0 spiro atoms. The number of fused-ring (bicyclic) bond motifs is 2. The van der Waals surface area contributed by atoms with Gasteiger partial charge in [0.25, 0.3) is 0 Å². The highest BCUT2D eigenvalue weighted by molar-refractivity contribution is 8.00. The Kier molecular flexibility index (Phi) is 3.51. The van der Waals surface area contributed by atoms with Crippen LogP contribution in [0.1, 0.15) is 6.92 Å². The van der Waals surface area contributed by atoms with Crippen molar-refractivity contribution in [3.8, 4) is 0 Å². The molecule has 0 aliphatic carbocycles. The van der Waals surface area contributed by atoms with Gasteiger partial charge in [-0.3, -0.25) is 0 Å². The third-order valence-electron chi connectivity index (χ3n) is 4.10. The van der Waals surface area contributed by atoms with Gasteiger partial charge in [0.15, 0.2) is 0 Å². The molecule has 0 fully saturated rings. The second-order valence-corrected chi connectivity index (χ2v) is 7.73. The SMILES string of the molecule is C[C@H]1Sc2ccccc2N1CCN1CSc2ccccc21. The predicted molar refractivity (Wildman–Crippen MR) is 93.6 cm³/mol. The highest BCUT2D eigenvalue weighted by atomic mass is 32.2. The Morgan fingerprint density at radius 3 is 2.52 bits per heavy atom. The van der Waals surface area contributed by atoms with Crippen LogP contribution in [0.3, 0.4) is 0 Å². The molecule has 0 amide bonds. The summed E-state index contributed by atoms with van der Waals surface area (Å²) in [4.78, 5) is 7.87. The minimum Gasteiger partial charge on any atom is -0.359 e. The average Bonchev–Trinajstić information content (AvgIpc) is 3.06. The first-order valence-electron chi connectivity index (χ1n) is 7.32.